The third-order valence-corrected chi connectivity index (χ3v) is 11.4. The van der Waals surface area contributed by atoms with E-state index in [-0.39, 0.29) is 0 Å². The second-order valence-electron chi connectivity index (χ2n) is 13.1. The van der Waals surface area contributed by atoms with Crippen molar-refractivity contribution < 1.29 is 14.2 Å². The maximum Gasteiger partial charge on any atom is 0.136 e. The van der Waals surface area contributed by atoms with Gasteiger partial charge in [-0.05, 0) is 137 Å². The molecule has 45 heavy (non-hydrogen) atoms. The van der Waals surface area contributed by atoms with Gasteiger partial charge >= 0.3 is 0 Å². The molecule has 0 unspecified atom stereocenters. The van der Waals surface area contributed by atoms with Crippen molar-refractivity contribution in [2.45, 2.75) is 76.4 Å². The van der Waals surface area contributed by atoms with Crippen LogP contribution in [0.25, 0.3) is 20.5 Å². The van der Waals surface area contributed by atoms with Crippen LogP contribution in [0.5, 0.6) is 17.2 Å². The van der Waals surface area contributed by atoms with Crippen LogP contribution in [-0.4, -0.2) is 68.4 Å². The van der Waals surface area contributed by atoms with E-state index in [0.29, 0.717) is 12.1 Å². The first-order valence-electron chi connectivity index (χ1n) is 17.3. The van der Waals surface area contributed by atoms with E-state index < -0.39 is 0 Å². The minimum absolute atomic E-state index is 0.301. The van der Waals surface area contributed by atoms with Crippen molar-refractivity contribution in [3.05, 3.63) is 77.9 Å². The summed E-state index contributed by atoms with van der Waals surface area (Å²) in [7, 11) is 1.77. The van der Waals surface area contributed by atoms with Crippen LogP contribution in [0.15, 0.2) is 66.7 Å². The van der Waals surface area contributed by atoms with Crippen molar-refractivity contribution in [1.29, 1.82) is 0 Å². The van der Waals surface area contributed by atoms with Gasteiger partial charge in [-0.25, -0.2) is 0 Å². The maximum absolute atomic E-state index is 6.70. The van der Waals surface area contributed by atoms with Crippen molar-refractivity contribution in [1.82, 2.24) is 9.80 Å². The van der Waals surface area contributed by atoms with E-state index in [9.17, 15) is 0 Å². The summed E-state index contributed by atoms with van der Waals surface area (Å²) in [5, 5.41) is 1.27. The number of likely N-dealkylation sites (tertiary alicyclic amines) is 2. The molecule has 3 aliphatic rings. The highest BCUT2D eigenvalue weighted by Gasteiger charge is 2.32. The molecule has 6 heteroatoms. The SMILES string of the molecule is COc1cccc2c(Cc3ccc(O[C@@H]4CCCC[C@H]4N4CCCCC4)cc3)c(-c3ccc(OCCN4CCCC4)cc3)sc12. The van der Waals surface area contributed by atoms with E-state index in [0.717, 1.165) is 43.2 Å². The fraction of sp³-hybridized carbons (Fsp3) is 0.487. The van der Waals surface area contributed by atoms with Crippen LogP contribution in [0.4, 0.5) is 0 Å². The highest BCUT2D eigenvalue weighted by atomic mass is 32.1. The van der Waals surface area contributed by atoms with E-state index >= 15 is 0 Å². The molecular formula is C39H48N2O3S. The van der Waals surface area contributed by atoms with Crippen molar-refractivity contribution in [2.24, 2.45) is 0 Å². The molecule has 0 amide bonds. The van der Waals surface area contributed by atoms with Crippen LogP contribution >= 0.6 is 11.3 Å². The van der Waals surface area contributed by atoms with Gasteiger partial charge < -0.3 is 14.2 Å². The van der Waals surface area contributed by atoms with Crippen molar-refractivity contribution >= 4 is 21.4 Å². The lowest BCUT2D eigenvalue weighted by Gasteiger charge is -2.41. The van der Waals surface area contributed by atoms with E-state index in [1.165, 1.54) is 109 Å². The average Bonchev–Trinajstić information content (AvgIpc) is 3.75. The summed E-state index contributed by atoms with van der Waals surface area (Å²) in [6, 6.07) is 24.6. The van der Waals surface area contributed by atoms with Crippen LogP contribution in [0, 0.1) is 0 Å². The number of thiophene rings is 1. The lowest BCUT2D eigenvalue weighted by molar-refractivity contribution is 0.0261. The fourth-order valence-corrected chi connectivity index (χ4v) is 8.98. The Kier molecular flexibility index (Phi) is 9.91. The van der Waals surface area contributed by atoms with Gasteiger partial charge in [-0.2, -0.15) is 0 Å². The molecule has 0 bridgehead atoms. The van der Waals surface area contributed by atoms with E-state index in [2.05, 4.69) is 76.5 Å². The molecule has 3 aromatic carbocycles. The molecule has 2 saturated heterocycles. The van der Waals surface area contributed by atoms with Gasteiger partial charge in [-0.1, -0.05) is 37.1 Å². The van der Waals surface area contributed by atoms with E-state index in [1.807, 2.05) is 11.3 Å². The molecule has 2 aliphatic heterocycles. The standard InChI is InChI=1S/C39H48N2O3S/c1-42-37-13-9-10-33-34(38(45-39(33)37)30-16-20-31(21-17-30)43-27-26-40-22-7-8-23-40)28-29-14-18-32(19-15-29)44-36-12-4-3-11-35(36)41-24-5-2-6-25-41/h9-10,13-21,35-36H,2-8,11-12,22-28H2,1H3/t35-,36-/m1/s1. The molecule has 3 heterocycles. The molecule has 3 fully saturated rings. The van der Waals surface area contributed by atoms with Gasteiger partial charge in [0.25, 0.3) is 0 Å². The van der Waals surface area contributed by atoms with Gasteiger partial charge in [0.05, 0.1) is 11.8 Å². The van der Waals surface area contributed by atoms with Crippen molar-refractivity contribution in [3.63, 3.8) is 0 Å². The first kappa shape index (κ1) is 30.6. The molecule has 2 atom stereocenters. The Hall–Kier alpha value is -3.06. The number of rotatable bonds is 11. The molecule has 0 N–H and O–H groups in total. The molecule has 0 spiro atoms. The summed E-state index contributed by atoms with van der Waals surface area (Å²) in [5.74, 6) is 2.88. The predicted molar refractivity (Wildman–Crippen MR) is 186 cm³/mol. The monoisotopic (exact) mass is 624 g/mol. The van der Waals surface area contributed by atoms with Crippen molar-refractivity contribution in [3.8, 4) is 27.7 Å². The minimum atomic E-state index is 0.301. The summed E-state index contributed by atoms with van der Waals surface area (Å²) in [4.78, 5) is 6.50. The van der Waals surface area contributed by atoms with Gasteiger partial charge in [0, 0.05) is 22.8 Å². The lowest BCUT2D eigenvalue weighted by atomic mass is 9.90. The van der Waals surface area contributed by atoms with Crippen LogP contribution in [0.3, 0.4) is 0 Å². The van der Waals surface area contributed by atoms with Crippen LogP contribution in [0.2, 0.25) is 0 Å². The summed E-state index contributed by atoms with van der Waals surface area (Å²) in [5.41, 5.74) is 3.87. The molecule has 0 radical (unpaired) electrons. The molecule has 4 aromatic rings. The largest absolute Gasteiger partial charge is 0.495 e. The molecule has 238 valence electrons. The Labute approximate surface area is 273 Å². The zero-order valence-electron chi connectivity index (χ0n) is 26.8. The number of hydrogen-bond acceptors (Lipinski definition) is 6. The van der Waals surface area contributed by atoms with Gasteiger partial charge in [0.1, 0.15) is 30.0 Å². The van der Waals surface area contributed by atoms with Gasteiger partial charge in [0.2, 0.25) is 0 Å². The number of hydrogen-bond donors (Lipinski definition) is 0. The average molecular weight is 625 g/mol. The number of methoxy groups -OCH3 is 1. The number of ether oxygens (including phenoxy) is 3. The number of piperidine rings is 1. The van der Waals surface area contributed by atoms with Gasteiger partial charge in [-0.3, -0.25) is 9.80 Å². The molecule has 1 aliphatic carbocycles. The fourth-order valence-electron chi connectivity index (χ4n) is 7.66. The van der Waals surface area contributed by atoms with Gasteiger partial charge in [-0.15, -0.1) is 11.3 Å². The van der Waals surface area contributed by atoms with E-state index in [1.54, 1.807) is 7.11 Å². The first-order chi connectivity index (χ1) is 22.2. The quantitative estimate of drug-likeness (QED) is 0.167. The lowest BCUT2D eigenvalue weighted by Crippen LogP contribution is -2.49. The Morgan fingerprint density at radius 1 is 0.756 bits per heavy atom. The van der Waals surface area contributed by atoms with Crippen LogP contribution in [0.1, 0.15) is 68.9 Å². The van der Waals surface area contributed by atoms with Crippen LogP contribution in [-0.2, 0) is 6.42 Å². The topological polar surface area (TPSA) is 34.2 Å². The third kappa shape index (κ3) is 7.19. The minimum Gasteiger partial charge on any atom is -0.495 e. The first-order valence-corrected chi connectivity index (χ1v) is 18.1. The molecule has 5 nitrogen and oxygen atoms in total. The summed E-state index contributed by atoms with van der Waals surface area (Å²) in [6.45, 7) is 6.63. The number of benzene rings is 3. The predicted octanol–water partition coefficient (Wildman–Crippen LogP) is 8.82. The van der Waals surface area contributed by atoms with Crippen LogP contribution < -0.4 is 14.2 Å². The second-order valence-corrected chi connectivity index (χ2v) is 14.1. The number of nitrogens with zero attached hydrogens (tertiary/aromatic N) is 2. The summed E-state index contributed by atoms with van der Waals surface area (Å²) < 4.78 is 19.8. The second kappa shape index (κ2) is 14.6. The molecule has 1 aromatic heterocycles. The maximum atomic E-state index is 6.70. The Bertz CT molecular complexity index is 1520. The molecule has 7 rings (SSSR count). The smallest absolute Gasteiger partial charge is 0.136 e. The van der Waals surface area contributed by atoms with Crippen molar-refractivity contribution in [2.75, 3.05) is 46.4 Å². The highest BCUT2D eigenvalue weighted by Crippen LogP contribution is 2.44. The zero-order chi connectivity index (χ0) is 30.4. The highest BCUT2D eigenvalue weighted by molar-refractivity contribution is 7.23. The molecular weight excluding hydrogens is 577 g/mol. The molecule has 1 saturated carbocycles. The van der Waals surface area contributed by atoms with Gasteiger partial charge in [0.15, 0.2) is 0 Å². The Morgan fingerprint density at radius 2 is 1.49 bits per heavy atom. The zero-order valence-corrected chi connectivity index (χ0v) is 27.7. The Morgan fingerprint density at radius 3 is 2.27 bits per heavy atom. The summed E-state index contributed by atoms with van der Waals surface area (Å²) >= 11 is 1.83. The normalized spacial score (nSPS) is 21.3. The number of fused-ring (bicyclic) bond motifs is 1. The van der Waals surface area contributed by atoms with E-state index in [4.69, 9.17) is 14.2 Å². The third-order valence-electron chi connectivity index (χ3n) is 10.1. The summed E-state index contributed by atoms with van der Waals surface area (Å²) in [6.07, 6.45) is 12.9. The Balaban J connectivity index is 1.08.